The number of nitrogens with one attached hydrogen (secondary N) is 1. The number of hydrogen-bond donors (Lipinski definition) is 1. The first-order valence-electron chi connectivity index (χ1n) is 4.91. The van der Waals surface area contributed by atoms with Gasteiger partial charge in [-0.15, -0.1) is 0 Å². The van der Waals surface area contributed by atoms with E-state index in [1.54, 1.807) is 0 Å². The average Bonchev–Trinajstić information content (AvgIpc) is 2.43. The Morgan fingerprint density at radius 1 is 1.54 bits per heavy atom. The Kier molecular flexibility index (Phi) is 2.51. The molecule has 1 amide bonds. The molecular weight excluding hydrogens is 184 g/mol. The third-order valence-electron chi connectivity index (χ3n) is 3.01. The van der Waals surface area contributed by atoms with Crippen LogP contribution in [0.25, 0.3) is 0 Å². The zero-order valence-electron chi connectivity index (χ0n) is 8.01. The van der Waals surface area contributed by atoms with Crippen molar-refractivity contribution >= 4 is 17.7 Å². The van der Waals surface area contributed by atoms with E-state index in [2.05, 4.69) is 17.1 Å². The number of hydrogen-bond acceptors (Lipinski definition) is 3. The molecule has 0 aliphatic carbocycles. The number of carbonyl (C=O) groups excluding carboxylic acids is 1. The van der Waals surface area contributed by atoms with Gasteiger partial charge < -0.3 is 5.32 Å². The van der Waals surface area contributed by atoms with Crippen molar-refractivity contribution in [3.05, 3.63) is 0 Å². The van der Waals surface area contributed by atoms with E-state index in [1.807, 2.05) is 11.8 Å². The molecule has 74 valence electrons. The summed E-state index contributed by atoms with van der Waals surface area (Å²) in [5.74, 6) is 2.56. The quantitative estimate of drug-likeness (QED) is 0.675. The van der Waals surface area contributed by atoms with Crippen molar-refractivity contribution in [2.24, 2.45) is 0 Å². The molecule has 4 heteroatoms. The van der Waals surface area contributed by atoms with Crippen LogP contribution < -0.4 is 5.32 Å². The molecular formula is C9H16N2OS. The molecule has 0 radical (unpaired) electrons. The first-order valence-corrected chi connectivity index (χ1v) is 6.06. The van der Waals surface area contributed by atoms with Crippen molar-refractivity contribution < 1.29 is 4.79 Å². The normalized spacial score (nSPS) is 27.9. The van der Waals surface area contributed by atoms with Gasteiger partial charge in [0.15, 0.2) is 0 Å². The molecule has 2 rings (SSSR count). The largest absolute Gasteiger partial charge is 0.337 e. The molecule has 0 aromatic rings. The van der Waals surface area contributed by atoms with Gasteiger partial charge in [0.25, 0.3) is 0 Å². The van der Waals surface area contributed by atoms with Crippen LogP contribution in [0.4, 0.5) is 0 Å². The predicted molar refractivity (Wildman–Crippen MR) is 54.7 cm³/mol. The van der Waals surface area contributed by atoms with Crippen molar-refractivity contribution in [3.63, 3.8) is 0 Å². The SMILES string of the molecule is CCN1CC(=O)NC12CCSCC2. The van der Waals surface area contributed by atoms with E-state index in [1.165, 1.54) is 11.5 Å². The number of rotatable bonds is 1. The van der Waals surface area contributed by atoms with Crippen LogP contribution in [0, 0.1) is 0 Å². The lowest BCUT2D eigenvalue weighted by molar-refractivity contribution is -0.119. The van der Waals surface area contributed by atoms with Gasteiger partial charge >= 0.3 is 0 Å². The van der Waals surface area contributed by atoms with Gasteiger partial charge in [-0.3, -0.25) is 9.69 Å². The van der Waals surface area contributed by atoms with Crippen molar-refractivity contribution in [1.82, 2.24) is 10.2 Å². The van der Waals surface area contributed by atoms with E-state index in [9.17, 15) is 4.79 Å². The van der Waals surface area contributed by atoms with Crippen molar-refractivity contribution in [3.8, 4) is 0 Å². The van der Waals surface area contributed by atoms with Crippen LogP contribution in [-0.4, -0.2) is 41.1 Å². The maximum atomic E-state index is 11.3. The Hall–Kier alpha value is -0.220. The number of carbonyl (C=O) groups is 1. The Morgan fingerprint density at radius 3 is 2.85 bits per heavy atom. The fourth-order valence-electron chi connectivity index (χ4n) is 2.27. The molecule has 2 aliphatic rings. The van der Waals surface area contributed by atoms with Crippen LogP contribution in [0.1, 0.15) is 19.8 Å². The van der Waals surface area contributed by atoms with Gasteiger partial charge in [-0.2, -0.15) is 11.8 Å². The lowest BCUT2D eigenvalue weighted by Gasteiger charge is -2.39. The average molecular weight is 200 g/mol. The number of amides is 1. The van der Waals surface area contributed by atoms with E-state index < -0.39 is 0 Å². The summed E-state index contributed by atoms with van der Waals surface area (Å²) >= 11 is 1.99. The summed E-state index contributed by atoms with van der Waals surface area (Å²) < 4.78 is 0. The van der Waals surface area contributed by atoms with Crippen LogP contribution >= 0.6 is 11.8 Å². The Bertz CT molecular complexity index is 214. The number of nitrogens with zero attached hydrogens (tertiary/aromatic N) is 1. The topological polar surface area (TPSA) is 32.3 Å². The number of thioether (sulfide) groups is 1. The second-order valence-corrected chi connectivity index (χ2v) is 4.93. The Labute approximate surface area is 83.2 Å². The zero-order valence-corrected chi connectivity index (χ0v) is 8.82. The maximum Gasteiger partial charge on any atom is 0.235 e. The lowest BCUT2D eigenvalue weighted by Crippen LogP contribution is -2.54. The molecule has 0 bridgehead atoms. The van der Waals surface area contributed by atoms with Crippen LogP contribution in [0.15, 0.2) is 0 Å². The van der Waals surface area contributed by atoms with E-state index in [-0.39, 0.29) is 11.6 Å². The summed E-state index contributed by atoms with van der Waals surface area (Å²) in [6.45, 7) is 3.70. The highest BCUT2D eigenvalue weighted by molar-refractivity contribution is 7.99. The van der Waals surface area contributed by atoms with Crippen molar-refractivity contribution in [1.29, 1.82) is 0 Å². The van der Waals surface area contributed by atoms with E-state index >= 15 is 0 Å². The Balaban J connectivity index is 2.13. The van der Waals surface area contributed by atoms with Gasteiger partial charge in [-0.1, -0.05) is 6.92 Å². The molecule has 2 saturated heterocycles. The fraction of sp³-hybridized carbons (Fsp3) is 0.889. The summed E-state index contributed by atoms with van der Waals surface area (Å²) in [7, 11) is 0. The summed E-state index contributed by atoms with van der Waals surface area (Å²) in [4.78, 5) is 13.6. The highest BCUT2D eigenvalue weighted by Crippen LogP contribution is 2.32. The lowest BCUT2D eigenvalue weighted by atomic mass is 10.0. The first-order chi connectivity index (χ1) is 6.27. The summed E-state index contributed by atoms with van der Waals surface area (Å²) in [5, 5.41) is 3.14. The molecule has 3 nitrogen and oxygen atoms in total. The molecule has 2 aliphatic heterocycles. The first kappa shape index (κ1) is 9.34. The third kappa shape index (κ3) is 1.57. The second-order valence-electron chi connectivity index (χ2n) is 3.71. The minimum atomic E-state index is 0.0249. The highest BCUT2D eigenvalue weighted by Gasteiger charge is 2.44. The van der Waals surface area contributed by atoms with Crippen LogP contribution in [-0.2, 0) is 4.79 Å². The van der Waals surface area contributed by atoms with Crippen molar-refractivity contribution in [2.45, 2.75) is 25.4 Å². The molecule has 2 fully saturated rings. The van der Waals surface area contributed by atoms with Crippen molar-refractivity contribution in [2.75, 3.05) is 24.6 Å². The number of likely N-dealkylation sites (N-methyl/N-ethyl adjacent to an activating group) is 1. The molecule has 0 aromatic heterocycles. The second kappa shape index (κ2) is 3.50. The van der Waals surface area contributed by atoms with Gasteiger partial charge in [-0.05, 0) is 30.9 Å². The molecule has 0 aromatic carbocycles. The van der Waals surface area contributed by atoms with Crippen LogP contribution in [0.5, 0.6) is 0 Å². The molecule has 2 heterocycles. The minimum absolute atomic E-state index is 0.0249. The summed E-state index contributed by atoms with van der Waals surface area (Å²) in [5.41, 5.74) is 0.0249. The molecule has 1 N–H and O–H groups in total. The smallest absolute Gasteiger partial charge is 0.235 e. The third-order valence-corrected chi connectivity index (χ3v) is 4.00. The van der Waals surface area contributed by atoms with E-state index in [4.69, 9.17) is 0 Å². The summed E-state index contributed by atoms with van der Waals surface area (Å²) in [6, 6.07) is 0. The van der Waals surface area contributed by atoms with E-state index in [0.29, 0.717) is 6.54 Å². The fourth-order valence-corrected chi connectivity index (χ4v) is 3.44. The molecule has 0 saturated carbocycles. The predicted octanol–water partition coefficient (Wildman–Crippen LogP) is 0.661. The van der Waals surface area contributed by atoms with Gasteiger partial charge in [0.1, 0.15) is 0 Å². The monoisotopic (exact) mass is 200 g/mol. The Morgan fingerprint density at radius 2 is 2.23 bits per heavy atom. The zero-order chi connectivity index (χ0) is 9.31. The molecule has 0 atom stereocenters. The standard InChI is InChI=1S/C9H16N2OS/c1-2-11-7-8(12)10-9(11)3-5-13-6-4-9/h2-7H2,1H3,(H,10,12). The summed E-state index contributed by atoms with van der Waals surface area (Å²) in [6.07, 6.45) is 2.22. The van der Waals surface area contributed by atoms with Crippen LogP contribution in [0.3, 0.4) is 0 Å². The molecule has 0 unspecified atom stereocenters. The van der Waals surface area contributed by atoms with E-state index in [0.717, 1.165) is 19.4 Å². The van der Waals surface area contributed by atoms with Gasteiger partial charge in [0.2, 0.25) is 5.91 Å². The molecule has 1 spiro atoms. The highest BCUT2D eigenvalue weighted by atomic mass is 32.2. The van der Waals surface area contributed by atoms with Gasteiger partial charge in [0, 0.05) is 0 Å². The minimum Gasteiger partial charge on any atom is -0.337 e. The van der Waals surface area contributed by atoms with Crippen LogP contribution in [0.2, 0.25) is 0 Å². The molecule has 13 heavy (non-hydrogen) atoms. The van der Waals surface area contributed by atoms with Gasteiger partial charge in [-0.25, -0.2) is 0 Å². The maximum absolute atomic E-state index is 11.3. The van der Waals surface area contributed by atoms with Gasteiger partial charge in [0.05, 0.1) is 12.2 Å².